The fourth-order valence-corrected chi connectivity index (χ4v) is 2.09. The molecule has 2 aromatic rings. The standard InChI is InChI=1S/C18H20N2O5/c1-4-25-17-9-12(5-8-15(17)21)11-19-20-18(22)14-7-6-13(23-2)10-16(14)24-3/h5-11,21H,4H2,1-3H3,(H,20,22)/b19-11+. The third kappa shape index (κ3) is 4.63. The lowest BCUT2D eigenvalue weighted by Crippen LogP contribution is -2.18. The number of ether oxygens (including phenoxy) is 3. The number of hydrogen-bond acceptors (Lipinski definition) is 6. The van der Waals surface area contributed by atoms with E-state index in [1.54, 1.807) is 30.3 Å². The van der Waals surface area contributed by atoms with Gasteiger partial charge in [0.05, 0.1) is 32.6 Å². The molecule has 7 heteroatoms. The molecule has 7 nitrogen and oxygen atoms in total. The largest absolute Gasteiger partial charge is 0.504 e. The van der Waals surface area contributed by atoms with Gasteiger partial charge in [-0.25, -0.2) is 5.43 Å². The van der Waals surface area contributed by atoms with Gasteiger partial charge >= 0.3 is 0 Å². The number of amides is 1. The first-order valence-corrected chi connectivity index (χ1v) is 7.60. The minimum absolute atomic E-state index is 0.0472. The fourth-order valence-electron chi connectivity index (χ4n) is 2.09. The molecule has 0 unspecified atom stereocenters. The van der Waals surface area contributed by atoms with E-state index in [2.05, 4.69) is 10.5 Å². The Balaban J connectivity index is 2.09. The molecule has 0 aromatic heterocycles. The van der Waals surface area contributed by atoms with Crippen molar-refractivity contribution < 1.29 is 24.1 Å². The summed E-state index contributed by atoms with van der Waals surface area (Å²) in [6.07, 6.45) is 1.45. The molecule has 0 spiro atoms. The lowest BCUT2D eigenvalue weighted by Gasteiger charge is -2.09. The van der Waals surface area contributed by atoms with Crippen molar-refractivity contribution in [3.05, 3.63) is 47.5 Å². The number of rotatable bonds is 7. The van der Waals surface area contributed by atoms with Crippen molar-refractivity contribution >= 4 is 12.1 Å². The van der Waals surface area contributed by atoms with Gasteiger partial charge in [-0.2, -0.15) is 5.10 Å². The van der Waals surface area contributed by atoms with Crippen LogP contribution in [0.15, 0.2) is 41.5 Å². The number of phenolic OH excluding ortho intramolecular Hbond substituents is 1. The number of nitrogens with zero attached hydrogens (tertiary/aromatic N) is 1. The Kier molecular flexibility index (Phi) is 6.22. The molecule has 2 N–H and O–H groups in total. The zero-order valence-corrected chi connectivity index (χ0v) is 14.3. The van der Waals surface area contributed by atoms with Crippen LogP contribution >= 0.6 is 0 Å². The number of benzene rings is 2. The Bertz CT molecular complexity index is 774. The molecule has 0 saturated heterocycles. The summed E-state index contributed by atoms with van der Waals surface area (Å²) in [6.45, 7) is 2.25. The minimum atomic E-state index is -0.417. The third-order valence-electron chi connectivity index (χ3n) is 3.32. The van der Waals surface area contributed by atoms with Crippen LogP contribution in [0.5, 0.6) is 23.0 Å². The lowest BCUT2D eigenvalue weighted by molar-refractivity contribution is 0.0952. The van der Waals surface area contributed by atoms with Crippen LogP contribution in [-0.2, 0) is 0 Å². The van der Waals surface area contributed by atoms with Crippen LogP contribution in [0.2, 0.25) is 0 Å². The van der Waals surface area contributed by atoms with Crippen molar-refractivity contribution in [1.29, 1.82) is 0 Å². The molecule has 0 saturated carbocycles. The SMILES string of the molecule is CCOc1cc(/C=N/NC(=O)c2ccc(OC)cc2OC)ccc1O. The topological polar surface area (TPSA) is 89.4 Å². The van der Waals surface area contributed by atoms with Crippen molar-refractivity contribution in [3.63, 3.8) is 0 Å². The summed E-state index contributed by atoms with van der Waals surface area (Å²) >= 11 is 0. The van der Waals surface area contributed by atoms with Gasteiger partial charge in [-0.05, 0) is 42.8 Å². The first kappa shape index (κ1) is 18.1. The Morgan fingerprint density at radius 3 is 2.64 bits per heavy atom. The summed E-state index contributed by atoms with van der Waals surface area (Å²) in [7, 11) is 3.01. The molecule has 0 atom stereocenters. The second kappa shape index (κ2) is 8.58. The van der Waals surface area contributed by atoms with Crippen LogP contribution in [0.3, 0.4) is 0 Å². The quantitative estimate of drug-likeness (QED) is 0.595. The summed E-state index contributed by atoms with van der Waals surface area (Å²) in [5.41, 5.74) is 3.44. The van der Waals surface area contributed by atoms with E-state index < -0.39 is 5.91 Å². The maximum absolute atomic E-state index is 12.2. The summed E-state index contributed by atoms with van der Waals surface area (Å²) in [5, 5.41) is 13.6. The van der Waals surface area contributed by atoms with E-state index in [9.17, 15) is 9.90 Å². The molecular formula is C18H20N2O5. The van der Waals surface area contributed by atoms with Crippen molar-refractivity contribution in [2.45, 2.75) is 6.92 Å². The van der Waals surface area contributed by atoms with Gasteiger partial charge in [-0.3, -0.25) is 4.79 Å². The number of carbonyl (C=O) groups excluding carboxylic acids is 1. The predicted octanol–water partition coefficient (Wildman–Crippen LogP) is 2.57. The molecule has 2 rings (SSSR count). The molecule has 1 amide bonds. The molecule has 2 aromatic carbocycles. The highest BCUT2D eigenvalue weighted by Crippen LogP contribution is 2.26. The first-order valence-electron chi connectivity index (χ1n) is 7.60. The first-order chi connectivity index (χ1) is 12.1. The highest BCUT2D eigenvalue weighted by atomic mass is 16.5. The second-order valence-corrected chi connectivity index (χ2v) is 4.93. The summed E-state index contributed by atoms with van der Waals surface area (Å²) < 4.78 is 15.6. The van der Waals surface area contributed by atoms with Crippen LogP contribution in [0.1, 0.15) is 22.8 Å². The Labute approximate surface area is 145 Å². The molecule has 0 aliphatic rings. The number of carbonyl (C=O) groups is 1. The van der Waals surface area contributed by atoms with E-state index in [0.717, 1.165) is 0 Å². The van der Waals surface area contributed by atoms with Crippen molar-refractivity contribution in [1.82, 2.24) is 5.43 Å². The molecule has 0 aliphatic heterocycles. The molecule has 0 fully saturated rings. The lowest BCUT2D eigenvalue weighted by atomic mass is 10.2. The number of phenols is 1. The molecule has 0 bridgehead atoms. The van der Waals surface area contributed by atoms with Gasteiger partial charge in [0.25, 0.3) is 5.91 Å². The number of methoxy groups -OCH3 is 2. The van der Waals surface area contributed by atoms with Crippen molar-refractivity contribution in [2.24, 2.45) is 5.10 Å². The summed E-state index contributed by atoms with van der Waals surface area (Å²) in [5.74, 6) is 0.958. The van der Waals surface area contributed by atoms with Crippen LogP contribution < -0.4 is 19.6 Å². The third-order valence-corrected chi connectivity index (χ3v) is 3.32. The van der Waals surface area contributed by atoms with E-state index in [0.29, 0.717) is 35.0 Å². The van der Waals surface area contributed by atoms with E-state index in [4.69, 9.17) is 14.2 Å². The maximum Gasteiger partial charge on any atom is 0.275 e. The molecule has 0 heterocycles. The average Bonchev–Trinajstić information content (AvgIpc) is 2.63. The minimum Gasteiger partial charge on any atom is -0.504 e. The van der Waals surface area contributed by atoms with Crippen LogP contribution in [0.25, 0.3) is 0 Å². The number of hydrogen-bond donors (Lipinski definition) is 2. The summed E-state index contributed by atoms with van der Waals surface area (Å²) in [6, 6.07) is 9.66. The van der Waals surface area contributed by atoms with Crippen LogP contribution in [0.4, 0.5) is 0 Å². The smallest absolute Gasteiger partial charge is 0.275 e. The Morgan fingerprint density at radius 1 is 1.16 bits per heavy atom. The van der Waals surface area contributed by atoms with Crippen LogP contribution in [-0.4, -0.2) is 38.1 Å². The zero-order chi connectivity index (χ0) is 18.2. The van der Waals surface area contributed by atoms with E-state index in [-0.39, 0.29) is 5.75 Å². The fraction of sp³-hybridized carbons (Fsp3) is 0.222. The van der Waals surface area contributed by atoms with E-state index in [1.165, 1.54) is 26.5 Å². The highest BCUT2D eigenvalue weighted by Gasteiger charge is 2.12. The van der Waals surface area contributed by atoms with E-state index in [1.807, 2.05) is 6.92 Å². The second-order valence-electron chi connectivity index (χ2n) is 4.93. The normalized spacial score (nSPS) is 10.5. The van der Waals surface area contributed by atoms with Crippen LogP contribution in [0, 0.1) is 0 Å². The maximum atomic E-state index is 12.2. The van der Waals surface area contributed by atoms with Gasteiger partial charge in [0, 0.05) is 6.07 Å². The van der Waals surface area contributed by atoms with Crippen molar-refractivity contribution in [2.75, 3.05) is 20.8 Å². The molecule has 132 valence electrons. The monoisotopic (exact) mass is 344 g/mol. The Hall–Kier alpha value is -3.22. The number of aromatic hydroxyl groups is 1. The molecule has 0 aliphatic carbocycles. The predicted molar refractivity (Wildman–Crippen MR) is 93.9 cm³/mol. The van der Waals surface area contributed by atoms with Gasteiger partial charge in [-0.15, -0.1) is 0 Å². The summed E-state index contributed by atoms with van der Waals surface area (Å²) in [4.78, 5) is 12.2. The van der Waals surface area contributed by atoms with Gasteiger partial charge in [0.2, 0.25) is 0 Å². The number of nitrogens with one attached hydrogen (secondary N) is 1. The van der Waals surface area contributed by atoms with Gasteiger partial charge in [0.1, 0.15) is 11.5 Å². The highest BCUT2D eigenvalue weighted by molar-refractivity contribution is 5.97. The Morgan fingerprint density at radius 2 is 1.96 bits per heavy atom. The van der Waals surface area contributed by atoms with Crippen molar-refractivity contribution in [3.8, 4) is 23.0 Å². The van der Waals surface area contributed by atoms with E-state index >= 15 is 0 Å². The molecule has 25 heavy (non-hydrogen) atoms. The van der Waals surface area contributed by atoms with Gasteiger partial charge in [0.15, 0.2) is 11.5 Å². The molecular weight excluding hydrogens is 324 g/mol. The zero-order valence-electron chi connectivity index (χ0n) is 14.3. The number of hydrazone groups is 1. The average molecular weight is 344 g/mol. The molecule has 0 radical (unpaired) electrons. The van der Waals surface area contributed by atoms with Gasteiger partial charge < -0.3 is 19.3 Å². The van der Waals surface area contributed by atoms with Gasteiger partial charge in [-0.1, -0.05) is 0 Å².